The van der Waals surface area contributed by atoms with Crippen molar-refractivity contribution < 1.29 is 17.9 Å². The van der Waals surface area contributed by atoms with E-state index in [1.807, 2.05) is 24.3 Å². The molecule has 0 aliphatic carbocycles. The lowest BCUT2D eigenvalue weighted by atomic mass is 9.96. The molecule has 4 heterocycles. The lowest BCUT2D eigenvalue weighted by Gasteiger charge is -2.29. The number of thiocarbonyl (C=S) groups is 1. The molecule has 2 aromatic carbocycles. The third kappa shape index (κ3) is 5.84. The Hall–Kier alpha value is -4.13. The number of benzene rings is 2. The smallest absolute Gasteiger partial charge is 0.229 e. The van der Waals surface area contributed by atoms with Crippen LogP contribution in [0.2, 0.25) is 0 Å². The van der Waals surface area contributed by atoms with Crippen LogP contribution in [0.5, 0.6) is 5.75 Å². The minimum Gasteiger partial charge on any atom is -0.494 e. The van der Waals surface area contributed by atoms with E-state index >= 15 is 0 Å². The normalized spacial score (nSPS) is 18.8. The van der Waals surface area contributed by atoms with E-state index in [-0.39, 0.29) is 12.1 Å². The van der Waals surface area contributed by atoms with Gasteiger partial charge in [0.1, 0.15) is 5.75 Å². The number of aryl methyl sites for hydroxylation is 1. The van der Waals surface area contributed by atoms with Crippen LogP contribution in [0.15, 0.2) is 72.9 Å². The number of rotatable bonds is 8. The highest BCUT2D eigenvalue weighted by Crippen LogP contribution is 2.45. The van der Waals surface area contributed by atoms with Crippen LogP contribution < -0.4 is 24.6 Å². The van der Waals surface area contributed by atoms with Crippen LogP contribution in [0.4, 0.5) is 17.1 Å². The van der Waals surface area contributed by atoms with Gasteiger partial charge in [0, 0.05) is 53.8 Å². The number of morpholine rings is 1. The summed E-state index contributed by atoms with van der Waals surface area (Å²) in [5.41, 5.74) is 7.54. The number of hydrogen-bond acceptors (Lipinski definition) is 7. The van der Waals surface area contributed by atoms with Gasteiger partial charge in [-0.1, -0.05) is 6.07 Å². The zero-order valence-electron chi connectivity index (χ0n) is 25.1. The summed E-state index contributed by atoms with van der Waals surface area (Å²) in [7, 11) is -1.98. The van der Waals surface area contributed by atoms with Gasteiger partial charge in [0.05, 0.1) is 50.0 Å². The Bertz CT molecular complexity index is 1770. The highest BCUT2D eigenvalue weighted by molar-refractivity contribution is 7.92. The van der Waals surface area contributed by atoms with E-state index in [0.717, 1.165) is 66.6 Å². The SMILES string of the molecule is COc1cc(N2C(=S)N[C@@H](c3ccccn3)[C@@H]2c2cc(C)n(-c3ccc(N4CCOCC4)cc3)c2C)ccc1NS(C)(=O)=O. The molecule has 0 radical (unpaired) electrons. The molecular weight excluding hydrogens is 597 g/mol. The fraction of sp³-hybridized carbons (Fsp3) is 0.312. The molecule has 230 valence electrons. The molecule has 2 aliphatic heterocycles. The number of nitrogens with zero attached hydrogens (tertiary/aromatic N) is 4. The van der Waals surface area contributed by atoms with E-state index in [1.54, 1.807) is 18.3 Å². The van der Waals surface area contributed by atoms with Gasteiger partial charge in [0.25, 0.3) is 0 Å². The lowest BCUT2D eigenvalue weighted by molar-refractivity contribution is 0.122. The van der Waals surface area contributed by atoms with Gasteiger partial charge in [0.2, 0.25) is 10.0 Å². The van der Waals surface area contributed by atoms with Gasteiger partial charge >= 0.3 is 0 Å². The summed E-state index contributed by atoms with van der Waals surface area (Å²) in [5.74, 6) is 0.390. The Morgan fingerprint density at radius 2 is 1.70 bits per heavy atom. The van der Waals surface area contributed by atoms with Crippen molar-refractivity contribution >= 4 is 44.4 Å². The zero-order chi connectivity index (χ0) is 31.0. The second-order valence-corrected chi connectivity index (χ2v) is 13.2. The average molecular weight is 633 g/mol. The Morgan fingerprint density at radius 3 is 2.36 bits per heavy atom. The number of methoxy groups -OCH3 is 1. The molecule has 6 rings (SSSR count). The standard InChI is InChI=1S/C32H36N6O4S2/c1-21-19-26(22(2)37(21)24-10-8-23(9-11-24)36-15-17-42-18-16-36)31-30(28-7-5-6-14-33-28)34-32(43)38(31)25-12-13-27(29(20-25)41-3)35-44(4,39)40/h5-14,19-20,30-31,35H,15-18H2,1-4H3,(H,34,43)/t30-,31-/m0/s1. The Balaban J connectivity index is 1.42. The van der Waals surface area contributed by atoms with Gasteiger partial charge in [-0.15, -0.1) is 0 Å². The molecule has 2 saturated heterocycles. The van der Waals surface area contributed by atoms with Gasteiger partial charge in [-0.2, -0.15) is 0 Å². The van der Waals surface area contributed by atoms with E-state index in [0.29, 0.717) is 16.5 Å². The fourth-order valence-corrected chi connectivity index (χ4v) is 7.10. The predicted molar refractivity (Wildman–Crippen MR) is 178 cm³/mol. The number of nitrogens with one attached hydrogen (secondary N) is 2. The first-order chi connectivity index (χ1) is 21.1. The maximum atomic E-state index is 12.0. The van der Waals surface area contributed by atoms with Crippen LogP contribution in [0.1, 0.15) is 34.7 Å². The second-order valence-electron chi connectivity index (χ2n) is 11.0. The molecule has 0 spiro atoms. The summed E-state index contributed by atoms with van der Waals surface area (Å²) in [6, 6.07) is 21.6. The molecule has 2 fully saturated rings. The van der Waals surface area contributed by atoms with Crippen LogP contribution in [0, 0.1) is 13.8 Å². The van der Waals surface area contributed by atoms with Crippen molar-refractivity contribution in [2.75, 3.05) is 54.2 Å². The number of ether oxygens (including phenoxy) is 2. The number of hydrogen-bond donors (Lipinski definition) is 2. The minimum absolute atomic E-state index is 0.235. The topological polar surface area (TPSA) is 101 Å². The lowest BCUT2D eigenvalue weighted by Crippen LogP contribution is -2.36. The van der Waals surface area contributed by atoms with E-state index < -0.39 is 10.0 Å². The van der Waals surface area contributed by atoms with Gasteiger partial charge < -0.3 is 29.2 Å². The molecule has 12 heteroatoms. The zero-order valence-corrected chi connectivity index (χ0v) is 26.8. The van der Waals surface area contributed by atoms with E-state index in [2.05, 4.69) is 73.6 Å². The molecule has 4 aromatic rings. The molecule has 2 aromatic heterocycles. The van der Waals surface area contributed by atoms with E-state index in [1.165, 1.54) is 12.8 Å². The van der Waals surface area contributed by atoms with Crippen LogP contribution in [0.3, 0.4) is 0 Å². The van der Waals surface area contributed by atoms with Crippen molar-refractivity contribution in [2.24, 2.45) is 0 Å². The molecule has 0 bridgehead atoms. The molecule has 0 saturated carbocycles. The summed E-state index contributed by atoms with van der Waals surface area (Å²) in [5, 5.41) is 4.05. The summed E-state index contributed by atoms with van der Waals surface area (Å²) < 4.78 is 39.8. The highest BCUT2D eigenvalue weighted by atomic mass is 32.2. The van der Waals surface area contributed by atoms with Crippen molar-refractivity contribution in [1.82, 2.24) is 14.9 Å². The van der Waals surface area contributed by atoms with Gasteiger partial charge in [-0.3, -0.25) is 9.71 Å². The first-order valence-electron chi connectivity index (χ1n) is 14.4. The quantitative estimate of drug-likeness (QED) is 0.263. The summed E-state index contributed by atoms with van der Waals surface area (Å²) in [6.07, 6.45) is 2.90. The predicted octanol–water partition coefficient (Wildman–Crippen LogP) is 4.88. The summed E-state index contributed by atoms with van der Waals surface area (Å²) >= 11 is 5.94. The summed E-state index contributed by atoms with van der Waals surface area (Å²) in [4.78, 5) is 9.10. The van der Waals surface area contributed by atoms with Crippen molar-refractivity contribution in [2.45, 2.75) is 25.9 Å². The third-order valence-corrected chi connectivity index (χ3v) is 9.04. The minimum atomic E-state index is -3.50. The largest absolute Gasteiger partial charge is 0.494 e. The molecule has 2 aliphatic rings. The van der Waals surface area contributed by atoms with Crippen molar-refractivity contribution in [1.29, 1.82) is 0 Å². The maximum absolute atomic E-state index is 12.0. The maximum Gasteiger partial charge on any atom is 0.229 e. The van der Waals surface area contributed by atoms with Crippen molar-refractivity contribution in [3.05, 3.63) is 95.6 Å². The van der Waals surface area contributed by atoms with Gasteiger partial charge in [0.15, 0.2) is 5.11 Å². The fourth-order valence-electron chi connectivity index (χ4n) is 6.18. The first kappa shape index (κ1) is 29.9. The molecule has 2 N–H and O–H groups in total. The number of pyridine rings is 1. The van der Waals surface area contributed by atoms with E-state index in [9.17, 15) is 8.42 Å². The number of aromatic nitrogens is 2. The van der Waals surface area contributed by atoms with Crippen LogP contribution in [-0.2, 0) is 14.8 Å². The van der Waals surface area contributed by atoms with Crippen molar-refractivity contribution in [3.63, 3.8) is 0 Å². The summed E-state index contributed by atoms with van der Waals surface area (Å²) in [6.45, 7) is 7.51. The van der Waals surface area contributed by atoms with Gasteiger partial charge in [-0.05, 0) is 86.2 Å². The Morgan fingerprint density at radius 1 is 1.00 bits per heavy atom. The Labute approximate surface area is 263 Å². The monoisotopic (exact) mass is 632 g/mol. The average Bonchev–Trinajstić information content (AvgIpc) is 3.52. The van der Waals surface area contributed by atoms with Crippen LogP contribution in [-0.4, -0.2) is 62.8 Å². The van der Waals surface area contributed by atoms with E-state index in [4.69, 9.17) is 21.7 Å². The molecule has 44 heavy (non-hydrogen) atoms. The van der Waals surface area contributed by atoms with Crippen LogP contribution in [0.25, 0.3) is 5.69 Å². The highest BCUT2D eigenvalue weighted by Gasteiger charge is 2.42. The second kappa shape index (κ2) is 12.1. The molecule has 10 nitrogen and oxygen atoms in total. The van der Waals surface area contributed by atoms with Crippen molar-refractivity contribution in [3.8, 4) is 11.4 Å². The molecular formula is C32H36N6O4S2. The van der Waals surface area contributed by atoms with Crippen LogP contribution >= 0.6 is 12.2 Å². The Kier molecular flexibility index (Phi) is 8.23. The number of anilines is 3. The van der Waals surface area contributed by atoms with Gasteiger partial charge in [-0.25, -0.2) is 8.42 Å². The molecule has 2 atom stereocenters. The third-order valence-electron chi connectivity index (χ3n) is 8.13. The number of sulfonamides is 1. The first-order valence-corrected chi connectivity index (χ1v) is 16.7. The molecule has 0 unspecified atom stereocenters. The molecule has 0 amide bonds.